The van der Waals surface area contributed by atoms with E-state index < -0.39 is 0 Å². The quantitative estimate of drug-likeness (QED) is 0.863. The number of methoxy groups -OCH3 is 1. The second kappa shape index (κ2) is 7.19. The molecule has 1 saturated heterocycles. The van der Waals surface area contributed by atoms with Gasteiger partial charge in [0.15, 0.2) is 0 Å². The Kier molecular flexibility index (Phi) is 5.29. The van der Waals surface area contributed by atoms with Gasteiger partial charge in [-0.25, -0.2) is 0 Å². The zero-order valence-corrected chi connectivity index (χ0v) is 12.8. The second-order valence-electron chi connectivity index (χ2n) is 4.78. The highest BCUT2D eigenvalue weighted by Crippen LogP contribution is 2.25. The third-order valence-electron chi connectivity index (χ3n) is 3.42. The minimum atomic E-state index is -0.122. The number of anilines is 1. The van der Waals surface area contributed by atoms with Crippen molar-refractivity contribution in [2.45, 2.75) is 18.9 Å². The largest absolute Gasteiger partial charge is 0.494 e. The number of ether oxygens (including phenoxy) is 1. The lowest BCUT2D eigenvalue weighted by Gasteiger charge is -2.13. The van der Waals surface area contributed by atoms with Gasteiger partial charge in [-0.15, -0.1) is 17.5 Å². The molecule has 1 aromatic heterocycles. The van der Waals surface area contributed by atoms with Crippen molar-refractivity contribution < 1.29 is 9.53 Å². The average molecular weight is 325 g/mol. The first-order chi connectivity index (χ1) is 10.3. The Hall–Kier alpha value is -2.19. The van der Waals surface area contributed by atoms with Crippen molar-refractivity contribution in [1.29, 1.82) is 0 Å². The molecule has 1 aliphatic heterocycles. The van der Waals surface area contributed by atoms with Gasteiger partial charge in [0.05, 0.1) is 13.2 Å². The molecule has 2 aromatic rings. The molecule has 1 atom stereocenters. The van der Waals surface area contributed by atoms with E-state index in [9.17, 15) is 4.79 Å². The molecule has 2 heterocycles. The molecule has 0 saturated carbocycles. The molecule has 1 unspecified atom stereocenters. The normalized spacial score (nSPS) is 16.9. The van der Waals surface area contributed by atoms with E-state index in [1.807, 2.05) is 0 Å². The fraction of sp³-hybridized carbons (Fsp3) is 0.385. The number of rotatable bonds is 4. The van der Waals surface area contributed by atoms with Crippen LogP contribution in [0.15, 0.2) is 24.5 Å². The molecule has 0 radical (unpaired) electrons. The molecule has 0 spiro atoms. The summed E-state index contributed by atoms with van der Waals surface area (Å²) in [5.74, 6) is 0.597. The fourth-order valence-corrected chi connectivity index (χ4v) is 2.36. The van der Waals surface area contributed by atoms with Crippen LogP contribution in [0.2, 0.25) is 0 Å². The van der Waals surface area contributed by atoms with Gasteiger partial charge in [0.1, 0.15) is 17.8 Å². The van der Waals surface area contributed by atoms with Crippen LogP contribution in [0.5, 0.6) is 5.75 Å². The van der Waals surface area contributed by atoms with E-state index in [1.165, 1.54) is 11.0 Å². The van der Waals surface area contributed by atoms with E-state index >= 15 is 0 Å². The van der Waals surface area contributed by atoms with Crippen LogP contribution in [-0.2, 0) is 4.79 Å². The molecular formula is C13H17ClN6O2. The summed E-state index contributed by atoms with van der Waals surface area (Å²) in [6.07, 6.45) is 3.36. The Labute approximate surface area is 133 Å². The number of carbonyl (C=O) groups excluding carboxylic acids is 1. The van der Waals surface area contributed by atoms with Gasteiger partial charge in [-0.1, -0.05) is 0 Å². The number of nitrogens with one attached hydrogen (secondary N) is 2. The van der Waals surface area contributed by atoms with Gasteiger partial charge in [0.25, 0.3) is 0 Å². The zero-order valence-electron chi connectivity index (χ0n) is 12.0. The molecule has 2 N–H and O–H groups in total. The molecule has 0 aliphatic carbocycles. The van der Waals surface area contributed by atoms with Gasteiger partial charge in [-0.05, 0) is 48.0 Å². The van der Waals surface area contributed by atoms with Crippen molar-refractivity contribution in [3.8, 4) is 11.4 Å². The number of hydrogen-bond acceptors (Lipinski definition) is 6. The lowest BCUT2D eigenvalue weighted by atomic mass is 10.2. The minimum Gasteiger partial charge on any atom is -0.494 e. The minimum absolute atomic E-state index is 0. The van der Waals surface area contributed by atoms with Crippen LogP contribution < -0.4 is 15.4 Å². The first kappa shape index (κ1) is 16.2. The summed E-state index contributed by atoms with van der Waals surface area (Å²) in [4.78, 5) is 12.1. The van der Waals surface area contributed by atoms with Crippen LogP contribution in [0.1, 0.15) is 12.8 Å². The molecule has 22 heavy (non-hydrogen) atoms. The summed E-state index contributed by atoms with van der Waals surface area (Å²) >= 11 is 0. The SMILES string of the molecule is COc1ccc(NC(=O)C2CCCN2)cc1-n1cnnn1.Cl. The van der Waals surface area contributed by atoms with Crippen LogP contribution in [0, 0.1) is 0 Å². The van der Waals surface area contributed by atoms with E-state index in [-0.39, 0.29) is 24.4 Å². The number of tetrazole rings is 1. The van der Waals surface area contributed by atoms with E-state index in [2.05, 4.69) is 26.2 Å². The Morgan fingerprint density at radius 2 is 2.36 bits per heavy atom. The topological polar surface area (TPSA) is 94.0 Å². The van der Waals surface area contributed by atoms with E-state index in [4.69, 9.17) is 4.74 Å². The highest BCUT2D eigenvalue weighted by molar-refractivity contribution is 5.95. The van der Waals surface area contributed by atoms with Crippen molar-refractivity contribution in [2.24, 2.45) is 0 Å². The number of aromatic nitrogens is 4. The van der Waals surface area contributed by atoms with E-state index in [1.54, 1.807) is 25.3 Å². The summed E-state index contributed by atoms with van der Waals surface area (Å²) in [6, 6.07) is 5.22. The number of nitrogens with zero attached hydrogens (tertiary/aromatic N) is 4. The van der Waals surface area contributed by atoms with Gasteiger partial charge < -0.3 is 15.4 Å². The molecule has 9 heteroatoms. The molecule has 3 rings (SSSR count). The maximum absolute atomic E-state index is 12.1. The number of amides is 1. The molecule has 1 aliphatic rings. The molecular weight excluding hydrogens is 308 g/mol. The lowest BCUT2D eigenvalue weighted by Crippen LogP contribution is -2.35. The van der Waals surface area contributed by atoms with Gasteiger partial charge in [0.2, 0.25) is 5.91 Å². The first-order valence-electron chi connectivity index (χ1n) is 6.73. The maximum atomic E-state index is 12.1. The Morgan fingerprint density at radius 1 is 1.50 bits per heavy atom. The highest BCUT2D eigenvalue weighted by atomic mass is 35.5. The predicted octanol–water partition coefficient (Wildman–Crippen LogP) is 0.783. The molecule has 1 amide bonds. The number of hydrogen-bond donors (Lipinski definition) is 2. The van der Waals surface area contributed by atoms with Crippen LogP contribution in [0.25, 0.3) is 5.69 Å². The maximum Gasteiger partial charge on any atom is 0.241 e. The molecule has 1 aromatic carbocycles. The van der Waals surface area contributed by atoms with Crippen LogP contribution in [0.4, 0.5) is 5.69 Å². The van der Waals surface area contributed by atoms with Crippen LogP contribution in [0.3, 0.4) is 0 Å². The average Bonchev–Trinajstić information content (AvgIpc) is 3.20. The summed E-state index contributed by atoms with van der Waals surface area (Å²) in [6.45, 7) is 0.885. The zero-order chi connectivity index (χ0) is 14.7. The summed E-state index contributed by atoms with van der Waals surface area (Å²) in [7, 11) is 1.57. The van der Waals surface area contributed by atoms with Crippen LogP contribution >= 0.6 is 12.4 Å². The van der Waals surface area contributed by atoms with Crippen molar-refractivity contribution >= 4 is 24.0 Å². The smallest absolute Gasteiger partial charge is 0.241 e. The monoisotopic (exact) mass is 324 g/mol. The molecule has 8 nitrogen and oxygen atoms in total. The van der Waals surface area contributed by atoms with E-state index in [0.29, 0.717) is 17.1 Å². The predicted molar refractivity (Wildman–Crippen MR) is 82.6 cm³/mol. The van der Waals surface area contributed by atoms with Crippen molar-refractivity contribution in [1.82, 2.24) is 25.5 Å². The third-order valence-corrected chi connectivity index (χ3v) is 3.42. The Morgan fingerprint density at radius 3 is 3.00 bits per heavy atom. The summed E-state index contributed by atoms with van der Waals surface area (Å²) in [5.41, 5.74) is 1.35. The molecule has 0 bridgehead atoms. The van der Waals surface area contributed by atoms with Crippen molar-refractivity contribution in [3.05, 3.63) is 24.5 Å². The van der Waals surface area contributed by atoms with E-state index in [0.717, 1.165) is 19.4 Å². The number of carbonyl (C=O) groups is 1. The van der Waals surface area contributed by atoms with Gasteiger partial charge in [-0.2, -0.15) is 4.68 Å². The molecule has 1 fully saturated rings. The first-order valence-corrected chi connectivity index (χ1v) is 6.73. The van der Waals surface area contributed by atoms with Crippen molar-refractivity contribution in [3.63, 3.8) is 0 Å². The fourth-order valence-electron chi connectivity index (χ4n) is 2.36. The summed E-state index contributed by atoms with van der Waals surface area (Å²) in [5, 5.41) is 17.1. The second-order valence-corrected chi connectivity index (χ2v) is 4.78. The Balaban J connectivity index is 0.00000176. The lowest BCUT2D eigenvalue weighted by molar-refractivity contribution is -0.117. The van der Waals surface area contributed by atoms with Crippen molar-refractivity contribution in [2.75, 3.05) is 19.0 Å². The van der Waals surface area contributed by atoms with Gasteiger partial charge in [-0.3, -0.25) is 4.79 Å². The number of benzene rings is 1. The summed E-state index contributed by atoms with van der Waals surface area (Å²) < 4.78 is 6.78. The molecule has 118 valence electrons. The highest BCUT2D eigenvalue weighted by Gasteiger charge is 2.22. The van der Waals surface area contributed by atoms with Gasteiger partial charge in [0, 0.05) is 5.69 Å². The number of halogens is 1. The van der Waals surface area contributed by atoms with Crippen LogP contribution in [-0.4, -0.2) is 45.8 Å². The third kappa shape index (κ3) is 3.34. The standard InChI is InChI=1S/C13H16N6O2.ClH/c1-21-12-5-4-9(7-11(12)19-8-15-17-18-19)16-13(20)10-3-2-6-14-10;/h4-5,7-8,10,14H,2-3,6H2,1H3,(H,16,20);1H. The Bertz CT molecular complexity index is 627. The van der Waals surface area contributed by atoms with Gasteiger partial charge >= 0.3 is 0 Å².